The first-order chi connectivity index (χ1) is 26.0. The number of carbonyl (C=O) groups excluding carboxylic acids is 2. The Hall–Kier alpha value is -5.42. The number of benzene rings is 3. The van der Waals surface area contributed by atoms with E-state index in [-0.39, 0.29) is 18.3 Å². The zero-order valence-corrected chi connectivity index (χ0v) is 32.2. The largest absolute Gasteiger partial charge is 0.494 e. The molecule has 5 rings (SSSR count). The van der Waals surface area contributed by atoms with Crippen molar-refractivity contribution in [2.24, 2.45) is 0 Å². The normalized spacial score (nSPS) is 12.4. The van der Waals surface area contributed by atoms with E-state index in [2.05, 4.69) is 53.3 Å². The zero-order chi connectivity index (χ0) is 38.5. The summed E-state index contributed by atoms with van der Waals surface area (Å²) in [6.07, 6.45) is 9.70. The third kappa shape index (κ3) is 11.5. The maximum absolute atomic E-state index is 13.7. The van der Waals surface area contributed by atoms with Crippen LogP contribution in [0.15, 0.2) is 96.1 Å². The fourth-order valence-corrected chi connectivity index (χ4v) is 6.45. The summed E-state index contributed by atoms with van der Waals surface area (Å²) in [4.78, 5) is 52.6. The van der Waals surface area contributed by atoms with Crippen LogP contribution >= 0.6 is 11.3 Å². The average Bonchev–Trinajstić information content (AvgIpc) is 3.69. The predicted octanol–water partition coefficient (Wildman–Crippen LogP) is 8.07. The van der Waals surface area contributed by atoms with Crippen molar-refractivity contribution < 1.29 is 24.2 Å². The van der Waals surface area contributed by atoms with Crippen LogP contribution in [0.3, 0.4) is 0 Å². The summed E-state index contributed by atoms with van der Waals surface area (Å²) in [5, 5.41) is 17.1. The lowest BCUT2D eigenvalue weighted by Crippen LogP contribution is -2.53. The van der Waals surface area contributed by atoms with Gasteiger partial charge in [0.25, 0.3) is 5.91 Å². The van der Waals surface area contributed by atoms with E-state index in [1.54, 1.807) is 35.4 Å². The number of aliphatic carboxylic acids is 1. The van der Waals surface area contributed by atoms with E-state index in [0.717, 1.165) is 40.0 Å². The lowest BCUT2D eigenvalue weighted by atomic mass is 9.86. The summed E-state index contributed by atoms with van der Waals surface area (Å²) in [6.45, 7) is 9.20. The lowest BCUT2D eigenvalue weighted by molar-refractivity contribution is -0.142. The maximum Gasteiger partial charge on any atom is 0.326 e. The number of hydrogen-bond acceptors (Lipinski definition) is 8. The Morgan fingerprint density at radius 3 is 2.04 bits per heavy atom. The molecule has 0 aliphatic carbocycles. The molecule has 282 valence electrons. The van der Waals surface area contributed by atoms with E-state index in [0.29, 0.717) is 23.7 Å². The molecule has 2 atom stereocenters. The molecular formula is C43H49N5O5S. The number of nitrogens with zero attached hydrogens (tertiary/aromatic N) is 3. The van der Waals surface area contributed by atoms with Gasteiger partial charge in [0.1, 0.15) is 17.8 Å². The number of carbonyl (C=O) groups is 3. The molecule has 2 heterocycles. The van der Waals surface area contributed by atoms with Gasteiger partial charge in [-0.1, -0.05) is 102 Å². The number of aromatic nitrogens is 3. The third-order valence-corrected chi connectivity index (χ3v) is 9.79. The van der Waals surface area contributed by atoms with Gasteiger partial charge in [0.05, 0.1) is 17.8 Å². The molecule has 0 saturated carbocycles. The molecule has 0 radical (unpaired) electrons. The highest BCUT2D eigenvalue weighted by atomic mass is 32.1. The van der Waals surface area contributed by atoms with Gasteiger partial charge >= 0.3 is 5.97 Å². The molecule has 0 bridgehead atoms. The molecule has 3 N–H and O–H groups in total. The molecule has 0 spiro atoms. The predicted molar refractivity (Wildman–Crippen MR) is 213 cm³/mol. The van der Waals surface area contributed by atoms with Crippen LogP contribution in [0.5, 0.6) is 5.75 Å². The van der Waals surface area contributed by atoms with Crippen molar-refractivity contribution in [3.05, 3.63) is 118 Å². The smallest absolute Gasteiger partial charge is 0.326 e. The minimum Gasteiger partial charge on any atom is -0.494 e. The van der Waals surface area contributed by atoms with E-state index in [9.17, 15) is 19.5 Å². The second-order valence-electron chi connectivity index (χ2n) is 14.4. The number of unbranched alkanes of at least 4 members (excludes halogenated alkanes) is 4. The Morgan fingerprint density at radius 1 is 0.759 bits per heavy atom. The second-order valence-corrected chi connectivity index (χ2v) is 15.1. The van der Waals surface area contributed by atoms with Crippen LogP contribution in [0.25, 0.3) is 22.5 Å². The Bertz CT molecular complexity index is 1940. The van der Waals surface area contributed by atoms with E-state index >= 15 is 0 Å². The molecule has 2 aromatic heterocycles. The summed E-state index contributed by atoms with van der Waals surface area (Å²) in [7, 11) is 0. The first kappa shape index (κ1) is 39.8. The lowest BCUT2D eigenvalue weighted by Gasteiger charge is -2.22. The Morgan fingerprint density at radius 2 is 1.43 bits per heavy atom. The molecule has 5 aromatic rings. The summed E-state index contributed by atoms with van der Waals surface area (Å²) in [6, 6.07) is 20.4. The van der Waals surface area contributed by atoms with Crippen molar-refractivity contribution in [2.75, 3.05) is 6.61 Å². The van der Waals surface area contributed by atoms with Gasteiger partial charge in [-0.25, -0.2) is 19.7 Å². The molecule has 0 unspecified atom stereocenters. The molecular weight excluding hydrogens is 699 g/mol. The van der Waals surface area contributed by atoms with Crippen LogP contribution in [0, 0.1) is 0 Å². The van der Waals surface area contributed by atoms with Crippen LogP contribution < -0.4 is 15.4 Å². The van der Waals surface area contributed by atoms with Gasteiger partial charge in [0, 0.05) is 47.3 Å². The molecule has 0 saturated heterocycles. The fraction of sp³-hybridized carbons (Fsp3) is 0.349. The van der Waals surface area contributed by atoms with Crippen LogP contribution in [0.2, 0.25) is 0 Å². The number of carboxylic acids is 1. The summed E-state index contributed by atoms with van der Waals surface area (Å²) >= 11 is 1.35. The standard InChI is InChI=1S/C43H49N5O5S/c1-5-6-7-8-9-22-53-36-20-16-30(17-21-36)33-25-44-39(45-26-33)31-12-10-29(11-13-31)23-37(41(50)48-38(42(51)52)24-35-27-54-28-46-35)47-40(49)32-14-18-34(19-15-32)43(2,3)4/h10-21,25-28,37-38H,5-9,22-24H2,1-4H3,(H,47,49)(H,48,50)(H,51,52)/t37-,38-/m0/s1. The first-order valence-corrected chi connectivity index (χ1v) is 19.4. The number of hydrogen-bond donors (Lipinski definition) is 3. The van der Waals surface area contributed by atoms with Gasteiger partial charge in [0.2, 0.25) is 5.91 Å². The molecule has 11 heteroatoms. The van der Waals surface area contributed by atoms with Gasteiger partial charge in [-0.05, 0) is 52.8 Å². The molecule has 54 heavy (non-hydrogen) atoms. The molecule has 0 aliphatic heterocycles. The van der Waals surface area contributed by atoms with Crippen molar-refractivity contribution in [3.8, 4) is 28.3 Å². The van der Waals surface area contributed by atoms with E-state index in [4.69, 9.17) is 4.74 Å². The SMILES string of the molecule is CCCCCCCOc1ccc(-c2cnc(-c3ccc(C[C@H](NC(=O)c4ccc(C(C)(C)C)cc4)C(=O)N[C@@H](Cc4cscn4)C(=O)O)cc3)nc2)cc1. The highest BCUT2D eigenvalue weighted by Crippen LogP contribution is 2.25. The van der Waals surface area contributed by atoms with Crippen molar-refractivity contribution in [1.82, 2.24) is 25.6 Å². The second kappa shape index (κ2) is 19.1. The number of rotatable bonds is 18. The molecule has 0 fully saturated rings. The molecule has 0 aliphatic rings. The van der Waals surface area contributed by atoms with Gasteiger partial charge in [-0.15, -0.1) is 11.3 Å². The van der Waals surface area contributed by atoms with Crippen molar-refractivity contribution in [2.45, 2.75) is 90.1 Å². The van der Waals surface area contributed by atoms with E-state index < -0.39 is 29.9 Å². The fourth-order valence-electron chi connectivity index (χ4n) is 5.88. The number of amides is 2. The highest BCUT2D eigenvalue weighted by molar-refractivity contribution is 7.07. The monoisotopic (exact) mass is 747 g/mol. The zero-order valence-electron chi connectivity index (χ0n) is 31.4. The van der Waals surface area contributed by atoms with Crippen LogP contribution in [-0.4, -0.2) is 56.5 Å². The Balaban J connectivity index is 1.25. The molecule has 3 aromatic carbocycles. The van der Waals surface area contributed by atoms with E-state index in [1.165, 1.54) is 37.0 Å². The Labute approximate surface area is 321 Å². The minimum atomic E-state index is -1.22. The Kier molecular flexibility index (Phi) is 14.0. The third-order valence-electron chi connectivity index (χ3n) is 9.15. The number of ether oxygens (including phenoxy) is 1. The van der Waals surface area contributed by atoms with Crippen LogP contribution in [0.4, 0.5) is 0 Å². The van der Waals surface area contributed by atoms with Crippen molar-refractivity contribution in [3.63, 3.8) is 0 Å². The molecule has 10 nitrogen and oxygen atoms in total. The maximum atomic E-state index is 13.7. The number of nitrogens with one attached hydrogen (secondary N) is 2. The van der Waals surface area contributed by atoms with Crippen molar-refractivity contribution in [1.29, 1.82) is 0 Å². The van der Waals surface area contributed by atoms with Gasteiger partial charge in [-0.3, -0.25) is 9.59 Å². The van der Waals surface area contributed by atoms with Gasteiger partial charge in [-0.2, -0.15) is 0 Å². The van der Waals surface area contributed by atoms with Crippen LogP contribution in [-0.2, 0) is 27.8 Å². The van der Waals surface area contributed by atoms with Crippen molar-refractivity contribution >= 4 is 29.1 Å². The number of thiazole rings is 1. The van der Waals surface area contributed by atoms with Gasteiger partial charge < -0.3 is 20.5 Å². The van der Waals surface area contributed by atoms with E-state index in [1.807, 2.05) is 60.7 Å². The average molecular weight is 748 g/mol. The number of carboxylic acid groups (broad SMARTS) is 1. The van der Waals surface area contributed by atoms with Gasteiger partial charge in [0.15, 0.2) is 5.82 Å². The van der Waals surface area contributed by atoms with Crippen LogP contribution in [0.1, 0.15) is 87.0 Å². The summed E-state index contributed by atoms with van der Waals surface area (Å²) in [5.74, 6) is -0.849. The summed E-state index contributed by atoms with van der Waals surface area (Å²) in [5.41, 5.74) is 6.96. The quantitative estimate of drug-likeness (QED) is 0.0764. The highest BCUT2D eigenvalue weighted by Gasteiger charge is 2.28. The topological polar surface area (TPSA) is 143 Å². The molecule has 2 amide bonds. The first-order valence-electron chi connectivity index (χ1n) is 18.5. The minimum absolute atomic E-state index is 0.0198. The summed E-state index contributed by atoms with van der Waals surface area (Å²) < 4.78 is 5.90.